The van der Waals surface area contributed by atoms with Gasteiger partial charge in [0.2, 0.25) is 5.75 Å². The number of alkyl halides is 3. The van der Waals surface area contributed by atoms with E-state index in [9.17, 15) is 18.0 Å². The molecule has 2 heterocycles. The van der Waals surface area contributed by atoms with Gasteiger partial charge in [-0.25, -0.2) is 4.79 Å². The van der Waals surface area contributed by atoms with Gasteiger partial charge in [-0.1, -0.05) is 0 Å². The predicted molar refractivity (Wildman–Crippen MR) is 158 cm³/mol. The molecule has 0 bridgehead atoms. The third kappa shape index (κ3) is 7.82. The molecule has 3 aromatic rings. The molecular weight excluding hydrogens is 563 g/mol. The lowest BCUT2D eigenvalue weighted by molar-refractivity contribution is -0.137. The minimum Gasteiger partial charge on any atom is -0.493 e. The van der Waals surface area contributed by atoms with E-state index < -0.39 is 17.3 Å². The second-order valence-electron chi connectivity index (χ2n) is 11.3. The molecule has 4 rings (SSSR count). The summed E-state index contributed by atoms with van der Waals surface area (Å²) in [5.41, 5.74) is 1.69. The van der Waals surface area contributed by atoms with E-state index in [1.165, 1.54) is 19.2 Å². The number of carbonyl (C=O) groups is 1. The summed E-state index contributed by atoms with van der Waals surface area (Å²) in [6, 6.07) is 12.6. The summed E-state index contributed by atoms with van der Waals surface area (Å²) in [5.74, 6) is 1.45. The van der Waals surface area contributed by atoms with E-state index in [1.807, 2.05) is 45.0 Å². The standard InChI is InChI=1S/C32H38F3N3O5/c1-31(2,3)43-30(39)37-15-12-25(13-16-37)38(24-9-7-23(8-10-24)32(33,34)35)20-21-11-14-36-26(17-21)22-18-27(40-4)29(42-6)28(19-22)41-5/h7-11,14,17-19,25H,12-13,15-16,20H2,1-6H3. The summed E-state index contributed by atoms with van der Waals surface area (Å²) in [7, 11) is 4.62. The molecule has 0 aliphatic carbocycles. The molecular formula is C32H38F3N3O5. The van der Waals surface area contributed by atoms with Crippen molar-refractivity contribution in [1.82, 2.24) is 9.88 Å². The first-order valence-corrected chi connectivity index (χ1v) is 14.0. The smallest absolute Gasteiger partial charge is 0.416 e. The summed E-state index contributed by atoms with van der Waals surface area (Å²) in [6.07, 6.45) is -1.83. The maximum absolute atomic E-state index is 13.3. The molecule has 11 heteroatoms. The second-order valence-corrected chi connectivity index (χ2v) is 11.3. The minimum absolute atomic E-state index is 0.0202. The molecule has 0 radical (unpaired) electrons. The van der Waals surface area contributed by atoms with E-state index in [0.717, 1.165) is 23.3 Å². The van der Waals surface area contributed by atoms with Crippen LogP contribution in [0.15, 0.2) is 54.7 Å². The predicted octanol–water partition coefficient (Wildman–Crippen LogP) is 7.20. The molecule has 1 aliphatic heterocycles. The molecule has 43 heavy (non-hydrogen) atoms. The molecule has 0 N–H and O–H groups in total. The van der Waals surface area contributed by atoms with Gasteiger partial charge in [-0.15, -0.1) is 0 Å². The fourth-order valence-corrected chi connectivity index (χ4v) is 5.12. The van der Waals surface area contributed by atoms with Crippen LogP contribution in [0, 0.1) is 0 Å². The minimum atomic E-state index is -4.43. The van der Waals surface area contributed by atoms with Crippen molar-refractivity contribution in [3.8, 4) is 28.5 Å². The van der Waals surface area contributed by atoms with Crippen LogP contribution in [-0.4, -0.2) is 62.0 Å². The quantitative estimate of drug-likeness (QED) is 0.270. The highest BCUT2D eigenvalue weighted by Crippen LogP contribution is 2.41. The molecule has 1 aliphatic rings. The zero-order chi connectivity index (χ0) is 31.4. The summed E-state index contributed by atoms with van der Waals surface area (Å²) in [5, 5.41) is 0. The molecule has 1 fully saturated rings. The molecule has 1 amide bonds. The van der Waals surface area contributed by atoms with Gasteiger partial charge < -0.3 is 28.7 Å². The maximum Gasteiger partial charge on any atom is 0.416 e. The summed E-state index contributed by atoms with van der Waals surface area (Å²) in [4.78, 5) is 21.0. The number of rotatable bonds is 8. The highest BCUT2D eigenvalue weighted by Gasteiger charge is 2.32. The Bertz CT molecular complexity index is 1370. The van der Waals surface area contributed by atoms with Gasteiger partial charge in [-0.05, 0) is 87.7 Å². The van der Waals surface area contributed by atoms with Gasteiger partial charge >= 0.3 is 12.3 Å². The van der Waals surface area contributed by atoms with E-state index in [4.69, 9.17) is 18.9 Å². The van der Waals surface area contributed by atoms with Crippen molar-refractivity contribution in [2.45, 2.75) is 58.0 Å². The SMILES string of the molecule is COc1cc(-c2cc(CN(c3ccc(C(F)(F)F)cc3)C3CCN(C(=O)OC(C)(C)C)CC3)ccn2)cc(OC)c1OC. The van der Waals surface area contributed by atoms with Crippen molar-refractivity contribution in [3.05, 3.63) is 65.9 Å². The number of hydrogen-bond acceptors (Lipinski definition) is 7. The van der Waals surface area contributed by atoms with Gasteiger partial charge in [-0.3, -0.25) is 4.98 Å². The van der Waals surface area contributed by atoms with E-state index in [-0.39, 0.29) is 12.1 Å². The number of hydrogen-bond donors (Lipinski definition) is 0. The van der Waals surface area contributed by atoms with Crippen LogP contribution in [0.3, 0.4) is 0 Å². The summed E-state index contributed by atoms with van der Waals surface area (Å²) < 4.78 is 61.9. The Morgan fingerprint density at radius 1 is 0.930 bits per heavy atom. The van der Waals surface area contributed by atoms with Gasteiger partial charge in [0.1, 0.15) is 5.60 Å². The summed E-state index contributed by atoms with van der Waals surface area (Å²) >= 11 is 0. The number of anilines is 1. The number of halogens is 3. The van der Waals surface area contributed by atoms with Crippen LogP contribution in [0.25, 0.3) is 11.3 Å². The number of pyridine rings is 1. The number of piperidine rings is 1. The molecule has 8 nitrogen and oxygen atoms in total. The topological polar surface area (TPSA) is 73.4 Å². The lowest BCUT2D eigenvalue weighted by atomic mass is 10.0. The number of likely N-dealkylation sites (tertiary alicyclic amines) is 1. The number of amides is 1. The molecule has 0 spiro atoms. The van der Waals surface area contributed by atoms with Crippen LogP contribution < -0.4 is 19.1 Å². The average Bonchev–Trinajstić information content (AvgIpc) is 2.98. The van der Waals surface area contributed by atoms with E-state index in [2.05, 4.69) is 9.88 Å². The van der Waals surface area contributed by atoms with Gasteiger partial charge in [0.15, 0.2) is 11.5 Å². The van der Waals surface area contributed by atoms with Crippen LogP contribution in [0.2, 0.25) is 0 Å². The second kappa shape index (κ2) is 13.0. The van der Waals surface area contributed by atoms with E-state index in [0.29, 0.717) is 61.1 Å². The first kappa shape index (κ1) is 31.8. The van der Waals surface area contributed by atoms with Gasteiger partial charge in [0.05, 0.1) is 32.6 Å². The highest BCUT2D eigenvalue weighted by molar-refractivity contribution is 5.69. The highest BCUT2D eigenvalue weighted by atomic mass is 19.4. The van der Waals surface area contributed by atoms with Crippen molar-refractivity contribution >= 4 is 11.8 Å². The fraction of sp³-hybridized carbons (Fsp3) is 0.438. The normalized spacial score (nSPS) is 14.3. The monoisotopic (exact) mass is 601 g/mol. The first-order valence-electron chi connectivity index (χ1n) is 14.0. The van der Waals surface area contributed by atoms with Gasteiger partial charge in [0.25, 0.3) is 0 Å². The molecule has 0 saturated carbocycles. The number of methoxy groups -OCH3 is 3. The maximum atomic E-state index is 13.3. The zero-order valence-electron chi connectivity index (χ0n) is 25.3. The zero-order valence-corrected chi connectivity index (χ0v) is 25.3. The molecule has 232 valence electrons. The third-order valence-electron chi connectivity index (χ3n) is 7.22. The number of nitrogens with zero attached hydrogens (tertiary/aromatic N) is 3. The van der Waals surface area contributed by atoms with Crippen LogP contribution in [0.4, 0.5) is 23.7 Å². The van der Waals surface area contributed by atoms with Gasteiger partial charge in [0, 0.05) is 43.1 Å². The van der Waals surface area contributed by atoms with E-state index in [1.54, 1.807) is 25.3 Å². The number of carbonyl (C=O) groups excluding carboxylic acids is 1. The molecule has 1 aromatic heterocycles. The Morgan fingerprint density at radius 3 is 2.05 bits per heavy atom. The van der Waals surface area contributed by atoms with E-state index >= 15 is 0 Å². The molecule has 0 atom stereocenters. The lowest BCUT2D eigenvalue weighted by Crippen LogP contribution is -2.48. The lowest BCUT2D eigenvalue weighted by Gasteiger charge is -2.40. The molecule has 1 saturated heterocycles. The Labute approximate surface area is 250 Å². The number of aromatic nitrogens is 1. The van der Waals surface area contributed by atoms with Crippen LogP contribution in [0.5, 0.6) is 17.2 Å². The third-order valence-corrected chi connectivity index (χ3v) is 7.22. The van der Waals surface area contributed by atoms with Gasteiger partial charge in [-0.2, -0.15) is 13.2 Å². The van der Waals surface area contributed by atoms with Crippen molar-refractivity contribution in [3.63, 3.8) is 0 Å². The van der Waals surface area contributed by atoms with Crippen LogP contribution >= 0.6 is 0 Å². The molecule has 0 unspecified atom stereocenters. The van der Waals surface area contributed by atoms with Crippen LogP contribution in [0.1, 0.15) is 44.7 Å². The Balaban J connectivity index is 1.63. The van der Waals surface area contributed by atoms with Crippen molar-refractivity contribution < 1.29 is 36.9 Å². The Kier molecular flexibility index (Phi) is 9.62. The number of ether oxygens (including phenoxy) is 4. The first-order chi connectivity index (χ1) is 20.3. The van der Waals surface area contributed by atoms with Crippen molar-refractivity contribution in [1.29, 1.82) is 0 Å². The Hall–Kier alpha value is -4.15. The van der Waals surface area contributed by atoms with Crippen molar-refractivity contribution in [2.24, 2.45) is 0 Å². The summed E-state index contributed by atoms with van der Waals surface area (Å²) in [6.45, 7) is 6.84. The number of benzene rings is 2. The fourth-order valence-electron chi connectivity index (χ4n) is 5.12. The van der Waals surface area contributed by atoms with Crippen LogP contribution in [-0.2, 0) is 17.5 Å². The molecule has 2 aromatic carbocycles. The average molecular weight is 602 g/mol. The van der Waals surface area contributed by atoms with Crippen molar-refractivity contribution in [2.75, 3.05) is 39.3 Å². The largest absolute Gasteiger partial charge is 0.493 e. The Morgan fingerprint density at radius 2 is 1.53 bits per heavy atom.